The maximum atomic E-state index is 5.97. The highest BCUT2D eigenvalue weighted by Gasteiger charge is 2.24. The first-order valence-electron chi connectivity index (χ1n) is 8.40. The molecule has 2 aromatic carbocycles. The molecule has 0 unspecified atom stereocenters. The number of fused-ring (bicyclic) bond motifs is 1. The molecule has 5 nitrogen and oxygen atoms in total. The van der Waals surface area contributed by atoms with Gasteiger partial charge in [-0.3, -0.25) is 0 Å². The normalized spacial score (nSPS) is 19.3. The zero-order valence-corrected chi connectivity index (χ0v) is 13.6. The van der Waals surface area contributed by atoms with Crippen LogP contribution in [0.3, 0.4) is 0 Å². The van der Waals surface area contributed by atoms with Crippen LogP contribution < -0.4 is 4.74 Å². The predicted octanol–water partition coefficient (Wildman–Crippen LogP) is 4.60. The lowest BCUT2D eigenvalue weighted by Gasteiger charge is -2.19. The van der Waals surface area contributed by atoms with Gasteiger partial charge in [-0.2, -0.15) is 0 Å². The van der Waals surface area contributed by atoms with Gasteiger partial charge in [0.05, 0.1) is 0 Å². The average Bonchev–Trinajstić information content (AvgIpc) is 3.13. The van der Waals surface area contributed by atoms with E-state index in [4.69, 9.17) is 13.9 Å². The maximum Gasteiger partial charge on any atom is 0.256 e. The lowest BCUT2D eigenvalue weighted by molar-refractivity contribution is -0.00311. The van der Waals surface area contributed by atoms with Crippen LogP contribution in [-0.2, 0) is 4.74 Å². The molecule has 0 radical (unpaired) electrons. The third-order valence-corrected chi connectivity index (χ3v) is 4.29. The van der Waals surface area contributed by atoms with Gasteiger partial charge in [0.25, 0.3) is 5.89 Å². The van der Waals surface area contributed by atoms with E-state index in [1.807, 2.05) is 37.3 Å². The minimum Gasteiger partial charge on any atom is -0.481 e. The SMILES string of the molecule is C[C@H](Oc1ccc2ccccc2c1)c1nnc([C@@H]2CCCCO2)o1. The van der Waals surface area contributed by atoms with Crippen molar-refractivity contribution < 1.29 is 13.9 Å². The van der Waals surface area contributed by atoms with Gasteiger partial charge in [-0.1, -0.05) is 30.3 Å². The number of hydrogen-bond donors (Lipinski definition) is 0. The fraction of sp³-hybridized carbons (Fsp3) is 0.368. The van der Waals surface area contributed by atoms with Crippen LogP contribution in [-0.4, -0.2) is 16.8 Å². The number of hydrogen-bond acceptors (Lipinski definition) is 5. The summed E-state index contributed by atoms with van der Waals surface area (Å²) < 4.78 is 17.4. The van der Waals surface area contributed by atoms with Crippen molar-refractivity contribution in [1.29, 1.82) is 0 Å². The van der Waals surface area contributed by atoms with E-state index in [1.54, 1.807) is 0 Å². The van der Waals surface area contributed by atoms with Gasteiger partial charge in [0.15, 0.2) is 6.10 Å². The summed E-state index contributed by atoms with van der Waals surface area (Å²) in [6.45, 7) is 2.67. The molecular weight excluding hydrogens is 304 g/mol. The Morgan fingerprint density at radius 3 is 2.79 bits per heavy atom. The van der Waals surface area contributed by atoms with E-state index in [2.05, 4.69) is 22.3 Å². The van der Waals surface area contributed by atoms with Crippen molar-refractivity contribution in [2.45, 2.75) is 38.4 Å². The van der Waals surface area contributed by atoms with Gasteiger partial charge in [0, 0.05) is 6.61 Å². The first kappa shape index (κ1) is 15.1. The summed E-state index contributed by atoms with van der Waals surface area (Å²) in [5.41, 5.74) is 0. The van der Waals surface area contributed by atoms with Crippen LogP contribution in [0.15, 0.2) is 46.9 Å². The van der Waals surface area contributed by atoms with Crippen LogP contribution in [0.25, 0.3) is 10.8 Å². The zero-order chi connectivity index (χ0) is 16.4. The lowest BCUT2D eigenvalue weighted by atomic mass is 10.1. The number of benzene rings is 2. The first-order chi connectivity index (χ1) is 11.8. The van der Waals surface area contributed by atoms with E-state index in [1.165, 1.54) is 5.39 Å². The topological polar surface area (TPSA) is 57.4 Å². The van der Waals surface area contributed by atoms with Gasteiger partial charge in [-0.25, -0.2) is 0 Å². The highest BCUT2D eigenvalue weighted by Crippen LogP contribution is 2.29. The van der Waals surface area contributed by atoms with E-state index in [9.17, 15) is 0 Å². The standard InChI is InChI=1S/C19H20N2O3/c1-13(18-20-21-19(24-18)17-8-4-5-11-22-17)23-16-10-9-14-6-2-3-7-15(14)12-16/h2-3,6-7,9-10,12-13,17H,4-5,8,11H2,1H3/t13-,17-/m0/s1. The van der Waals surface area contributed by atoms with Crippen molar-refractivity contribution in [2.75, 3.05) is 6.61 Å². The smallest absolute Gasteiger partial charge is 0.256 e. The van der Waals surface area contributed by atoms with Gasteiger partial charge >= 0.3 is 0 Å². The first-order valence-corrected chi connectivity index (χ1v) is 8.40. The summed E-state index contributed by atoms with van der Waals surface area (Å²) in [6.07, 6.45) is 2.77. The Hall–Kier alpha value is -2.40. The summed E-state index contributed by atoms with van der Waals surface area (Å²) >= 11 is 0. The van der Waals surface area contributed by atoms with E-state index in [-0.39, 0.29) is 12.2 Å². The highest BCUT2D eigenvalue weighted by atomic mass is 16.5. The second kappa shape index (κ2) is 6.61. The Bertz CT molecular complexity index is 824. The second-order valence-corrected chi connectivity index (χ2v) is 6.10. The van der Waals surface area contributed by atoms with E-state index < -0.39 is 0 Å². The molecule has 1 saturated heterocycles. The molecule has 0 spiro atoms. The van der Waals surface area contributed by atoms with Gasteiger partial charge in [-0.05, 0) is 49.1 Å². The molecule has 1 aliphatic heterocycles. The van der Waals surface area contributed by atoms with Crippen molar-refractivity contribution in [3.05, 3.63) is 54.2 Å². The molecule has 4 rings (SSSR count). The maximum absolute atomic E-state index is 5.97. The molecule has 24 heavy (non-hydrogen) atoms. The average molecular weight is 324 g/mol. The van der Waals surface area contributed by atoms with Crippen LogP contribution >= 0.6 is 0 Å². The molecular formula is C19H20N2O3. The lowest BCUT2D eigenvalue weighted by Crippen LogP contribution is -2.11. The summed E-state index contributed by atoms with van der Waals surface area (Å²) in [4.78, 5) is 0. The number of rotatable bonds is 4. The molecule has 2 atom stereocenters. The fourth-order valence-corrected chi connectivity index (χ4v) is 2.97. The van der Waals surface area contributed by atoms with Crippen molar-refractivity contribution in [3.8, 4) is 5.75 Å². The molecule has 1 fully saturated rings. The minimum atomic E-state index is -0.309. The molecule has 1 aromatic heterocycles. The molecule has 0 bridgehead atoms. The Morgan fingerprint density at radius 1 is 1.08 bits per heavy atom. The van der Waals surface area contributed by atoms with Crippen LogP contribution in [0, 0.1) is 0 Å². The van der Waals surface area contributed by atoms with E-state index in [0.29, 0.717) is 11.8 Å². The van der Waals surface area contributed by atoms with E-state index >= 15 is 0 Å². The quantitative estimate of drug-likeness (QED) is 0.701. The zero-order valence-electron chi connectivity index (χ0n) is 13.6. The van der Waals surface area contributed by atoms with Crippen molar-refractivity contribution in [3.63, 3.8) is 0 Å². The van der Waals surface area contributed by atoms with Gasteiger partial charge in [-0.15, -0.1) is 10.2 Å². The summed E-state index contributed by atoms with van der Waals surface area (Å²) in [5, 5.41) is 10.6. The van der Waals surface area contributed by atoms with Crippen LogP contribution in [0.4, 0.5) is 0 Å². The third-order valence-electron chi connectivity index (χ3n) is 4.29. The summed E-state index contributed by atoms with van der Waals surface area (Å²) in [7, 11) is 0. The Kier molecular flexibility index (Phi) is 4.17. The molecule has 0 amide bonds. The second-order valence-electron chi connectivity index (χ2n) is 6.10. The fourth-order valence-electron chi connectivity index (χ4n) is 2.97. The molecule has 0 saturated carbocycles. The Morgan fingerprint density at radius 2 is 1.96 bits per heavy atom. The van der Waals surface area contributed by atoms with Crippen molar-refractivity contribution in [1.82, 2.24) is 10.2 Å². The monoisotopic (exact) mass is 324 g/mol. The largest absolute Gasteiger partial charge is 0.481 e. The molecule has 3 aromatic rings. The number of aromatic nitrogens is 2. The van der Waals surface area contributed by atoms with Gasteiger partial charge < -0.3 is 13.9 Å². The Balaban J connectivity index is 1.48. The number of ether oxygens (including phenoxy) is 2. The van der Waals surface area contributed by atoms with Crippen LogP contribution in [0.5, 0.6) is 5.75 Å². The number of nitrogens with zero attached hydrogens (tertiary/aromatic N) is 2. The molecule has 5 heteroatoms. The van der Waals surface area contributed by atoms with Crippen molar-refractivity contribution in [2.24, 2.45) is 0 Å². The van der Waals surface area contributed by atoms with Crippen molar-refractivity contribution >= 4 is 10.8 Å². The van der Waals surface area contributed by atoms with Gasteiger partial charge in [0.2, 0.25) is 5.89 Å². The van der Waals surface area contributed by atoms with Gasteiger partial charge in [0.1, 0.15) is 11.9 Å². The summed E-state index contributed by atoms with van der Waals surface area (Å²) in [5.74, 6) is 1.82. The Labute approximate surface area is 140 Å². The molecule has 0 aliphatic carbocycles. The summed E-state index contributed by atoms with van der Waals surface area (Å²) in [6, 6.07) is 14.2. The highest BCUT2D eigenvalue weighted by molar-refractivity contribution is 5.83. The third kappa shape index (κ3) is 3.12. The minimum absolute atomic E-state index is 0.0760. The molecule has 1 aliphatic rings. The molecule has 0 N–H and O–H groups in total. The molecule has 2 heterocycles. The molecule has 124 valence electrons. The predicted molar refractivity (Wildman–Crippen MR) is 89.8 cm³/mol. The van der Waals surface area contributed by atoms with Crippen LogP contribution in [0.2, 0.25) is 0 Å². The van der Waals surface area contributed by atoms with E-state index in [0.717, 1.165) is 37.0 Å². The van der Waals surface area contributed by atoms with Crippen LogP contribution in [0.1, 0.15) is 50.2 Å².